The first-order valence-electron chi connectivity index (χ1n) is 9.70. The molecule has 0 radical (unpaired) electrons. The number of hydrogen-bond acceptors (Lipinski definition) is 7. The highest BCUT2D eigenvalue weighted by Crippen LogP contribution is 2.58. The molecule has 3 rings (SSSR count). The van der Waals surface area contributed by atoms with Crippen LogP contribution in [0.4, 0.5) is 15.4 Å². The van der Waals surface area contributed by atoms with E-state index in [1.54, 1.807) is 53.7 Å². The van der Waals surface area contributed by atoms with Crippen molar-refractivity contribution in [3.63, 3.8) is 0 Å². The molecule has 2 heterocycles. The van der Waals surface area contributed by atoms with Crippen LogP contribution >= 0.6 is 0 Å². The molecule has 2 unspecified atom stereocenters. The lowest BCUT2D eigenvalue weighted by Crippen LogP contribution is -2.44. The first kappa shape index (κ1) is 21.6. The van der Waals surface area contributed by atoms with Crippen LogP contribution in [0.2, 0.25) is 0 Å². The minimum Gasteiger partial charge on any atom is -0.443 e. The molecule has 0 N–H and O–H groups in total. The third kappa shape index (κ3) is 4.56. The largest absolute Gasteiger partial charge is 0.496 e. The molecule has 0 bridgehead atoms. The summed E-state index contributed by atoms with van der Waals surface area (Å²) < 4.78 is 22.7. The molecule has 1 aromatic heterocycles. The third-order valence-electron chi connectivity index (χ3n) is 4.83. The number of carbonyl (C=O) groups excluding carboxylic acids is 2. The summed E-state index contributed by atoms with van der Waals surface area (Å²) in [5, 5.41) is 0. The van der Waals surface area contributed by atoms with Crippen molar-refractivity contribution in [2.24, 2.45) is 0 Å². The molecule has 158 valence electrons. The number of pyridine rings is 1. The molecule has 29 heavy (non-hydrogen) atoms. The number of aromatic nitrogens is 1. The Bertz CT molecular complexity index is 772. The van der Waals surface area contributed by atoms with Gasteiger partial charge in [-0.15, -0.1) is 0 Å². The average Bonchev–Trinajstić information content (AvgIpc) is 2.93. The Kier molecular flexibility index (Phi) is 4.99. The van der Waals surface area contributed by atoms with Gasteiger partial charge in [-0.05, 0) is 61.5 Å². The highest BCUT2D eigenvalue weighted by atomic mass is 16.7. The molecule has 0 aromatic carbocycles. The number of carbonyl (C=O) groups is 2. The normalized spacial score (nSPS) is 26.0. The van der Waals surface area contributed by atoms with E-state index in [-0.39, 0.29) is 17.0 Å². The molecule has 8 nitrogen and oxygen atoms in total. The lowest BCUT2D eigenvalue weighted by atomic mass is 9.80. The van der Waals surface area contributed by atoms with Gasteiger partial charge in [-0.25, -0.2) is 14.6 Å². The Hall–Kier alpha value is -2.13. The molecule has 0 spiro atoms. The second-order valence-electron chi connectivity index (χ2n) is 9.95. The summed E-state index contributed by atoms with van der Waals surface area (Å²) in [5.74, 6) is 0.0952. The summed E-state index contributed by atoms with van der Waals surface area (Å²) >= 11 is 0. The zero-order chi connectivity index (χ0) is 21.8. The smallest absolute Gasteiger partial charge is 0.443 e. The molecule has 1 aliphatic carbocycles. The summed E-state index contributed by atoms with van der Waals surface area (Å²) in [6, 6.07) is 3.26. The van der Waals surface area contributed by atoms with E-state index in [0.717, 1.165) is 11.3 Å². The van der Waals surface area contributed by atoms with E-state index < -0.39 is 30.5 Å². The number of fused-ring (bicyclic) bond motifs is 1. The Balaban J connectivity index is 1.82. The first-order chi connectivity index (χ1) is 13.1. The molecule has 2 amide bonds. The highest BCUT2D eigenvalue weighted by Gasteiger charge is 2.71. The second kappa shape index (κ2) is 6.70. The average molecular weight is 404 g/mol. The molecule has 1 saturated heterocycles. The number of nitrogens with zero attached hydrogens (tertiary/aromatic N) is 2. The summed E-state index contributed by atoms with van der Waals surface area (Å²) in [6.45, 7) is 14.3. The topological polar surface area (TPSA) is 87.2 Å². The second-order valence-corrected chi connectivity index (χ2v) is 9.95. The molecule has 1 aromatic rings. The van der Waals surface area contributed by atoms with Crippen LogP contribution in [-0.2, 0) is 18.8 Å². The maximum Gasteiger partial charge on any atom is 0.496 e. The third-order valence-corrected chi connectivity index (χ3v) is 4.83. The minimum absolute atomic E-state index is 0.0952. The fraction of sp³-hybridized carbons (Fsp3) is 0.650. The van der Waals surface area contributed by atoms with E-state index in [9.17, 15) is 9.59 Å². The van der Waals surface area contributed by atoms with Crippen LogP contribution in [0.3, 0.4) is 0 Å². The van der Waals surface area contributed by atoms with Gasteiger partial charge in [0.05, 0.1) is 11.2 Å². The van der Waals surface area contributed by atoms with Crippen LogP contribution in [0, 0.1) is 0 Å². The van der Waals surface area contributed by atoms with Crippen LogP contribution in [0.25, 0.3) is 0 Å². The summed E-state index contributed by atoms with van der Waals surface area (Å²) in [5.41, 5.74) is -1.43. The Morgan fingerprint density at radius 2 is 1.48 bits per heavy atom. The zero-order valence-electron chi connectivity index (χ0n) is 18.4. The first-order valence-corrected chi connectivity index (χ1v) is 9.70. The van der Waals surface area contributed by atoms with Crippen LogP contribution in [-0.4, -0.2) is 46.7 Å². The molecule has 2 atom stereocenters. The van der Waals surface area contributed by atoms with Crippen molar-refractivity contribution in [3.8, 4) is 0 Å². The van der Waals surface area contributed by atoms with Crippen LogP contribution in [0.5, 0.6) is 0 Å². The lowest BCUT2D eigenvalue weighted by Gasteiger charge is -2.28. The van der Waals surface area contributed by atoms with Gasteiger partial charge < -0.3 is 18.8 Å². The van der Waals surface area contributed by atoms with Gasteiger partial charge in [0.2, 0.25) is 0 Å². The molecular weight excluding hydrogens is 375 g/mol. The van der Waals surface area contributed by atoms with Crippen molar-refractivity contribution in [2.45, 2.75) is 84.2 Å². The maximum absolute atomic E-state index is 12.7. The van der Waals surface area contributed by atoms with E-state index in [2.05, 4.69) is 4.98 Å². The molecule has 2 aliphatic rings. The summed E-state index contributed by atoms with van der Waals surface area (Å²) in [7, 11) is -0.531. The molecule has 1 saturated carbocycles. The Morgan fingerprint density at radius 3 is 1.86 bits per heavy atom. The fourth-order valence-corrected chi connectivity index (χ4v) is 3.11. The lowest BCUT2D eigenvalue weighted by molar-refractivity contribution is 0.0429. The van der Waals surface area contributed by atoms with E-state index in [1.165, 1.54) is 6.20 Å². The van der Waals surface area contributed by atoms with E-state index in [4.69, 9.17) is 18.8 Å². The SMILES string of the molecule is CC(C)(C)OC(=O)N(C(=O)OC(C)(C)C)c1ccc(B2OC3(C)CC3(C)O2)cn1. The predicted molar refractivity (Wildman–Crippen MR) is 108 cm³/mol. The monoisotopic (exact) mass is 404 g/mol. The van der Waals surface area contributed by atoms with Gasteiger partial charge in [0.25, 0.3) is 0 Å². The minimum atomic E-state index is -0.860. The molecule has 2 fully saturated rings. The Morgan fingerprint density at radius 1 is 1.00 bits per heavy atom. The predicted octanol–water partition coefficient (Wildman–Crippen LogP) is 3.42. The number of rotatable bonds is 2. The highest BCUT2D eigenvalue weighted by molar-refractivity contribution is 6.62. The number of anilines is 1. The van der Waals surface area contributed by atoms with Crippen LogP contribution < -0.4 is 10.4 Å². The summed E-state index contributed by atoms with van der Waals surface area (Å²) in [4.78, 5) is 30.4. The van der Waals surface area contributed by atoms with Gasteiger partial charge in [-0.1, -0.05) is 6.07 Å². The van der Waals surface area contributed by atoms with Gasteiger partial charge in [0, 0.05) is 18.1 Å². The standard InChI is InChI=1S/C20H29BN2O6/c1-17(2,3)26-15(24)23(16(25)27-18(4,5)6)14-10-9-13(11-22-14)21-28-19(7)12-20(19,8)29-21/h9-11H,12H2,1-8H3. The van der Waals surface area contributed by atoms with Crippen molar-refractivity contribution < 1.29 is 28.4 Å². The van der Waals surface area contributed by atoms with Crippen molar-refractivity contribution in [3.05, 3.63) is 18.3 Å². The fourth-order valence-electron chi connectivity index (χ4n) is 3.11. The van der Waals surface area contributed by atoms with Gasteiger partial charge in [-0.2, -0.15) is 4.90 Å². The number of imide groups is 1. The van der Waals surface area contributed by atoms with Crippen LogP contribution in [0.15, 0.2) is 18.3 Å². The molecule has 9 heteroatoms. The van der Waals surface area contributed by atoms with Crippen molar-refractivity contribution >= 4 is 30.6 Å². The van der Waals surface area contributed by atoms with Crippen molar-refractivity contribution in [1.29, 1.82) is 0 Å². The van der Waals surface area contributed by atoms with Gasteiger partial charge in [0.15, 0.2) is 0 Å². The summed E-state index contributed by atoms with van der Waals surface area (Å²) in [6.07, 6.45) is 0.662. The van der Waals surface area contributed by atoms with Crippen molar-refractivity contribution in [2.75, 3.05) is 4.90 Å². The molecular formula is C20H29BN2O6. The zero-order valence-corrected chi connectivity index (χ0v) is 18.4. The Labute approximate surface area is 172 Å². The van der Waals surface area contributed by atoms with E-state index in [0.29, 0.717) is 5.46 Å². The van der Waals surface area contributed by atoms with Gasteiger partial charge >= 0.3 is 19.3 Å². The maximum atomic E-state index is 12.7. The van der Waals surface area contributed by atoms with Crippen LogP contribution in [0.1, 0.15) is 61.8 Å². The number of hydrogen-bond donors (Lipinski definition) is 0. The number of ether oxygens (including phenoxy) is 2. The van der Waals surface area contributed by atoms with E-state index >= 15 is 0 Å². The number of amides is 2. The van der Waals surface area contributed by atoms with Gasteiger partial charge in [0.1, 0.15) is 17.0 Å². The van der Waals surface area contributed by atoms with E-state index in [1.807, 2.05) is 13.8 Å². The molecule has 1 aliphatic heterocycles. The quantitative estimate of drug-likeness (QED) is 0.698. The van der Waals surface area contributed by atoms with Gasteiger partial charge in [-0.3, -0.25) is 0 Å². The van der Waals surface area contributed by atoms with Crippen molar-refractivity contribution in [1.82, 2.24) is 4.98 Å².